The Morgan fingerprint density at radius 3 is 2.33 bits per heavy atom. The Balaban J connectivity index is 1.43. The number of hydrogen-bond acceptors (Lipinski definition) is 0. The minimum absolute atomic E-state index is 0.693. The molecule has 0 bridgehead atoms. The third-order valence-corrected chi connectivity index (χ3v) is 6.65. The molecule has 0 heteroatoms. The Morgan fingerprint density at radius 2 is 1.70 bits per heavy atom. The van der Waals surface area contributed by atoms with Gasteiger partial charge in [-0.3, -0.25) is 0 Å². The third-order valence-electron chi connectivity index (χ3n) is 6.65. The molecule has 0 amide bonds. The van der Waals surface area contributed by atoms with E-state index in [1.54, 1.807) is 5.56 Å². The predicted octanol–water partition coefficient (Wildman–Crippen LogP) is 8.02. The molecule has 2 aliphatic rings. The van der Waals surface area contributed by atoms with Gasteiger partial charge in [0, 0.05) is 0 Å². The molecular weight excluding hydrogens is 324 g/mol. The van der Waals surface area contributed by atoms with Crippen molar-refractivity contribution in [1.29, 1.82) is 0 Å². The Hall–Kier alpha value is -1.56. The highest BCUT2D eigenvalue weighted by molar-refractivity contribution is 5.26. The second kappa shape index (κ2) is 10.7. The van der Waals surface area contributed by atoms with E-state index >= 15 is 0 Å². The number of aryl methyl sites for hydroxylation is 1. The van der Waals surface area contributed by atoms with Crippen LogP contribution in [0.25, 0.3) is 0 Å². The van der Waals surface area contributed by atoms with Gasteiger partial charge in [-0.05, 0) is 92.6 Å². The first-order chi connectivity index (χ1) is 13.3. The maximum Gasteiger partial charge on any atom is -0.00531 e. The van der Waals surface area contributed by atoms with Gasteiger partial charge in [0.2, 0.25) is 0 Å². The molecule has 2 unspecified atom stereocenters. The molecule has 1 aromatic rings. The van der Waals surface area contributed by atoms with Gasteiger partial charge in [-0.15, -0.1) is 6.58 Å². The summed E-state index contributed by atoms with van der Waals surface area (Å²) in [5, 5.41) is 0. The second-order valence-corrected chi connectivity index (χ2v) is 8.74. The van der Waals surface area contributed by atoms with Crippen LogP contribution < -0.4 is 0 Å². The van der Waals surface area contributed by atoms with Gasteiger partial charge < -0.3 is 0 Å². The lowest BCUT2D eigenvalue weighted by Gasteiger charge is -2.28. The zero-order valence-corrected chi connectivity index (χ0v) is 17.3. The van der Waals surface area contributed by atoms with Crippen LogP contribution in [0.2, 0.25) is 0 Å². The lowest BCUT2D eigenvalue weighted by Crippen LogP contribution is -2.12. The SMILES string of the molecule is C=CCCc1ccc(C2CCC(C=CC3C=CC(CCC)CC3)CC2)cc1. The fraction of sp³-hybridized carbons (Fsp3) is 0.556. The van der Waals surface area contributed by atoms with Crippen molar-refractivity contribution in [2.45, 2.75) is 77.0 Å². The molecular formula is C27H38. The highest BCUT2D eigenvalue weighted by Crippen LogP contribution is 2.37. The van der Waals surface area contributed by atoms with Crippen LogP contribution in [0.1, 0.15) is 81.8 Å². The van der Waals surface area contributed by atoms with Crippen LogP contribution in [-0.2, 0) is 6.42 Å². The van der Waals surface area contributed by atoms with Gasteiger partial charge in [0.1, 0.15) is 0 Å². The molecule has 0 aliphatic heterocycles. The number of rotatable bonds is 8. The average molecular weight is 363 g/mol. The molecule has 3 rings (SSSR count). The zero-order valence-electron chi connectivity index (χ0n) is 17.3. The van der Waals surface area contributed by atoms with Crippen LogP contribution in [0.15, 0.2) is 61.2 Å². The van der Waals surface area contributed by atoms with E-state index in [9.17, 15) is 0 Å². The normalized spacial score (nSPS) is 28.5. The summed E-state index contributed by atoms with van der Waals surface area (Å²) in [6.07, 6.45) is 25.0. The van der Waals surface area contributed by atoms with E-state index in [1.165, 1.54) is 56.9 Å². The van der Waals surface area contributed by atoms with E-state index in [0.717, 1.165) is 30.6 Å². The first-order valence-corrected chi connectivity index (χ1v) is 11.3. The highest BCUT2D eigenvalue weighted by atomic mass is 14.3. The fourth-order valence-electron chi connectivity index (χ4n) is 4.84. The van der Waals surface area contributed by atoms with Crippen molar-refractivity contribution in [3.63, 3.8) is 0 Å². The van der Waals surface area contributed by atoms with Crippen LogP contribution >= 0.6 is 0 Å². The van der Waals surface area contributed by atoms with Crippen molar-refractivity contribution >= 4 is 0 Å². The fourth-order valence-corrected chi connectivity index (χ4v) is 4.84. The molecule has 0 aromatic heterocycles. The van der Waals surface area contributed by atoms with Crippen LogP contribution in [0, 0.1) is 17.8 Å². The summed E-state index contributed by atoms with van der Waals surface area (Å²) in [4.78, 5) is 0. The summed E-state index contributed by atoms with van der Waals surface area (Å²) in [6.45, 7) is 6.12. The Morgan fingerprint density at radius 1 is 0.926 bits per heavy atom. The van der Waals surface area contributed by atoms with Gasteiger partial charge in [0.15, 0.2) is 0 Å². The summed E-state index contributed by atoms with van der Waals surface area (Å²) >= 11 is 0. The molecule has 1 aromatic carbocycles. The molecule has 0 saturated heterocycles. The molecule has 1 saturated carbocycles. The maximum absolute atomic E-state index is 3.82. The highest BCUT2D eigenvalue weighted by Gasteiger charge is 2.21. The number of hydrogen-bond donors (Lipinski definition) is 0. The molecule has 0 heterocycles. The summed E-state index contributed by atoms with van der Waals surface area (Å²) < 4.78 is 0. The summed E-state index contributed by atoms with van der Waals surface area (Å²) in [5.74, 6) is 3.11. The first-order valence-electron chi connectivity index (χ1n) is 11.3. The molecule has 27 heavy (non-hydrogen) atoms. The van der Waals surface area contributed by atoms with Crippen molar-refractivity contribution < 1.29 is 0 Å². The van der Waals surface area contributed by atoms with E-state index in [1.807, 2.05) is 6.08 Å². The topological polar surface area (TPSA) is 0 Å². The van der Waals surface area contributed by atoms with Gasteiger partial charge in [-0.1, -0.05) is 68.0 Å². The Bertz CT molecular complexity index is 610. The quantitative estimate of drug-likeness (QED) is 0.411. The first kappa shape index (κ1) is 20.2. The molecule has 2 atom stereocenters. The van der Waals surface area contributed by atoms with E-state index in [-0.39, 0.29) is 0 Å². The maximum atomic E-state index is 3.82. The smallest absolute Gasteiger partial charge is 0.00531 e. The van der Waals surface area contributed by atoms with E-state index in [2.05, 4.69) is 62.1 Å². The lowest BCUT2D eigenvalue weighted by atomic mass is 9.78. The van der Waals surface area contributed by atoms with Gasteiger partial charge >= 0.3 is 0 Å². The van der Waals surface area contributed by atoms with Crippen molar-refractivity contribution in [2.24, 2.45) is 17.8 Å². The van der Waals surface area contributed by atoms with Crippen molar-refractivity contribution in [2.75, 3.05) is 0 Å². The molecule has 0 nitrogen and oxygen atoms in total. The minimum Gasteiger partial charge on any atom is -0.103 e. The van der Waals surface area contributed by atoms with Crippen LogP contribution in [0.3, 0.4) is 0 Å². The molecule has 0 radical (unpaired) electrons. The van der Waals surface area contributed by atoms with Gasteiger partial charge in [0.25, 0.3) is 0 Å². The van der Waals surface area contributed by atoms with Crippen LogP contribution in [0.5, 0.6) is 0 Å². The van der Waals surface area contributed by atoms with Crippen molar-refractivity contribution in [1.82, 2.24) is 0 Å². The van der Waals surface area contributed by atoms with E-state index in [0.29, 0.717) is 5.92 Å². The third kappa shape index (κ3) is 6.23. The molecule has 0 N–H and O–H groups in total. The van der Waals surface area contributed by atoms with E-state index < -0.39 is 0 Å². The summed E-state index contributed by atoms with van der Waals surface area (Å²) in [5.41, 5.74) is 2.99. The number of benzene rings is 1. The monoisotopic (exact) mass is 362 g/mol. The predicted molar refractivity (Wildman–Crippen MR) is 119 cm³/mol. The molecule has 146 valence electrons. The molecule has 2 aliphatic carbocycles. The Labute approximate surface area is 167 Å². The lowest BCUT2D eigenvalue weighted by molar-refractivity contribution is 0.374. The average Bonchev–Trinajstić information content (AvgIpc) is 2.73. The van der Waals surface area contributed by atoms with Crippen LogP contribution in [-0.4, -0.2) is 0 Å². The summed E-state index contributed by atoms with van der Waals surface area (Å²) in [7, 11) is 0. The minimum atomic E-state index is 0.693. The summed E-state index contributed by atoms with van der Waals surface area (Å²) in [6, 6.07) is 9.40. The van der Waals surface area contributed by atoms with E-state index in [4.69, 9.17) is 0 Å². The largest absolute Gasteiger partial charge is 0.103 e. The standard InChI is InChI=1S/C27H38/c1-3-5-7-23-14-18-26(19-15-23)27-20-16-25(17-21-27)13-12-24-10-8-22(6-4-2)9-11-24/h3,8,10,12-15,18-19,22,24-25,27H,1,4-7,9,11,16-17,20-21H2,2H3. The van der Waals surface area contributed by atoms with Gasteiger partial charge in [0.05, 0.1) is 0 Å². The van der Waals surface area contributed by atoms with Crippen molar-refractivity contribution in [3.05, 3.63) is 72.4 Å². The van der Waals surface area contributed by atoms with Crippen LogP contribution in [0.4, 0.5) is 0 Å². The van der Waals surface area contributed by atoms with Crippen molar-refractivity contribution in [3.8, 4) is 0 Å². The number of allylic oxidation sites excluding steroid dienone is 5. The van der Waals surface area contributed by atoms with Gasteiger partial charge in [-0.25, -0.2) is 0 Å². The molecule has 1 fully saturated rings. The molecule has 0 spiro atoms. The van der Waals surface area contributed by atoms with Gasteiger partial charge in [-0.2, -0.15) is 0 Å². The second-order valence-electron chi connectivity index (χ2n) is 8.74. The zero-order chi connectivity index (χ0) is 18.9. The Kier molecular flexibility index (Phi) is 7.99.